The van der Waals surface area contributed by atoms with E-state index in [1.165, 1.54) is 0 Å². The molecule has 0 saturated carbocycles. The van der Waals surface area contributed by atoms with Crippen molar-refractivity contribution in [3.63, 3.8) is 0 Å². The SMILES string of the molecule is O=C(CNC(=O)c1ccc(Cl)cc1)O[C@@H](C(=O)N1CCCCC1)c1ccccc1. The number of carbonyl (C=O) groups is 3. The van der Waals surface area contributed by atoms with Gasteiger partial charge in [0.15, 0.2) is 0 Å². The molecule has 3 rings (SSSR count). The predicted octanol–water partition coefficient (Wildman–Crippen LogP) is 3.37. The maximum Gasteiger partial charge on any atom is 0.326 e. The Labute approximate surface area is 174 Å². The molecule has 0 spiro atoms. The highest BCUT2D eigenvalue weighted by Crippen LogP contribution is 2.22. The lowest BCUT2D eigenvalue weighted by atomic mass is 10.1. The predicted molar refractivity (Wildman–Crippen MR) is 109 cm³/mol. The summed E-state index contributed by atoms with van der Waals surface area (Å²) < 4.78 is 5.49. The Balaban J connectivity index is 1.63. The lowest BCUT2D eigenvalue weighted by Gasteiger charge is -2.30. The Morgan fingerprint density at radius 1 is 0.966 bits per heavy atom. The second-order valence-electron chi connectivity index (χ2n) is 6.86. The molecule has 2 aromatic rings. The van der Waals surface area contributed by atoms with E-state index in [0.29, 0.717) is 29.2 Å². The molecule has 1 heterocycles. The van der Waals surface area contributed by atoms with Crippen LogP contribution in [0.15, 0.2) is 54.6 Å². The second kappa shape index (κ2) is 10.1. The lowest BCUT2D eigenvalue weighted by Crippen LogP contribution is -2.41. The molecular weight excluding hydrogens is 392 g/mol. The second-order valence-corrected chi connectivity index (χ2v) is 7.29. The zero-order chi connectivity index (χ0) is 20.6. The summed E-state index contributed by atoms with van der Waals surface area (Å²) >= 11 is 5.81. The third-order valence-corrected chi connectivity index (χ3v) is 5.00. The monoisotopic (exact) mass is 414 g/mol. The van der Waals surface area contributed by atoms with Crippen molar-refractivity contribution in [3.05, 3.63) is 70.7 Å². The number of ether oxygens (including phenoxy) is 1. The molecule has 1 aliphatic rings. The minimum absolute atomic E-state index is 0.228. The highest BCUT2D eigenvalue weighted by atomic mass is 35.5. The largest absolute Gasteiger partial charge is 0.446 e. The maximum atomic E-state index is 13.0. The molecule has 7 heteroatoms. The first-order valence-corrected chi connectivity index (χ1v) is 9.99. The van der Waals surface area contributed by atoms with Gasteiger partial charge in [-0.2, -0.15) is 0 Å². The molecule has 1 atom stereocenters. The van der Waals surface area contributed by atoms with Crippen LogP contribution in [-0.2, 0) is 14.3 Å². The van der Waals surface area contributed by atoms with Crippen LogP contribution < -0.4 is 5.32 Å². The molecule has 0 bridgehead atoms. The number of rotatable bonds is 6. The molecule has 0 radical (unpaired) electrons. The summed E-state index contributed by atoms with van der Waals surface area (Å²) in [7, 11) is 0. The zero-order valence-corrected chi connectivity index (χ0v) is 16.7. The molecule has 6 nitrogen and oxygen atoms in total. The number of hydrogen-bond acceptors (Lipinski definition) is 4. The number of nitrogens with zero attached hydrogens (tertiary/aromatic N) is 1. The fourth-order valence-electron chi connectivity index (χ4n) is 3.20. The Morgan fingerprint density at radius 2 is 1.62 bits per heavy atom. The van der Waals surface area contributed by atoms with Gasteiger partial charge in [-0.25, -0.2) is 0 Å². The van der Waals surface area contributed by atoms with Gasteiger partial charge in [-0.3, -0.25) is 14.4 Å². The van der Waals surface area contributed by atoms with Crippen LogP contribution in [0, 0.1) is 0 Å². The Bertz CT molecular complexity index is 849. The third-order valence-electron chi connectivity index (χ3n) is 4.74. The molecule has 0 unspecified atom stereocenters. The number of benzene rings is 2. The Hall–Kier alpha value is -2.86. The van der Waals surface area contributed by atoms with Crippen LogP contribution in [-0.4, -0.2) is 42.3 Å². The van der Waals surface area contributed by atoms with Gasteiger partial charge in [-0.1, -0.05) is 41.9 Å². The first-order chi connectivity index (χ1) is 14.0. The summed E-state index contributed by atoms with van der Waals surface area (Å²) in [5.74, 6) is -1.32. The van der Waals surface area contributed by atoms with Gasteiger partial charge in [0.1, 0.15) is 6.54 Å². The minimum Gasteiger partial charge on any atom is -0.446 e. The average molecular weight is 415 g/mol. The number of likely N-dealkylation sites (tertiary alicyclic amines) is 1. The van der Waals surface area contributed by atoms with E-state index in [-0.39, 0.29) is 12.5 Å². The molecule has 1 aliphatic heterocycles. The number of hydrogen-bond donors (Lipinski definition) is 1. The molecule has 1 fully saturated rings. The van der Waals surface area contributed by atoms with Crippen LogP contribution in [0.1, 0.15) is 41.3 Å². The van der Waals surface area contributed by atoms with Gasteiger partial charge in [0.05, 0.1) is 0 Å². The number of esters is 1. The van der Waals surface area contributed by atoms with Crippen molar-refractivity contribution in [2.24, 2.45) is 0 Å². The summed E-state index contributed by atoms with van der Waals surface area (Å²) in [6.07, 6.45) is 1.96. The Kier molecular flexibility index (Phi) is 7.25. The summed E-state index contributed by atoms with van der Waals surface area (Å²) in [6, 6.07) is 15.3. The topological polar surface area (TPSA) is 75.7 Å². The van der Waals surface area contributed by atoms with E-state index in [1.54, 1.807) is 53.4 Å². The molecule has 2 aromatic carbocycles. The van der Waals surface area contributed by atoms with Crippen LogP contribution in [0.4, 0.5) is 0 Å². The summed E-state index contributed by atoms with van der Waals surface area (Å²) in [5.41, 5.74) is 0.992. The third kappa shape index (κ3) is 5.81. The van der Waals surface area contributed by atoms with Crippen LogP contribution in [0.25, 0.3) is 0 Å². The first kappa shape index (κ1) is 20.9. The van der Waals surface area contributed by atoms with Crippen LogP contribution >= 0.6 is 11.6 Å². The fraction of sp³-hybridized carbons (Fsp3) is 0.318. The summed E-state index contributed by atoms with van der Waals surface area (Å²) in [4.78, 5) is 39.2. The standard InChI is InChI=1S/C22H23ClN2O4/c23-18-11-9-17(10-12-18)21(27)24-15-19(26)29-20(16-7-3-1-4-8-16)22(28)25-13-5-2-6-14-25/h1,3-4,7-12,20H,2,5-6,13-15H2,(H,24,27)/t20-/m1/s1. The van der Waals surface area contributed by atoms with Crippen LogP contribution in [0.3, 0.4) is 0 Å². The van der Waals surface area contributed by atoms with Gasteiger partial charge < -0.3 is 15.0 Å². The smallest absolute Gasteiger partial charge is 0.326 e. The molecule has 2 amide bonds. The maximum absolute atomic E-state index is 13.0. The van der Waals surface area contributed by atoms with E-state index in [4.69, 9.17) is 16.3 Å². The quantitative estimate of drug-likeness (QED) is 0.735. The summed E-state index contributed by atoms with van der Waals surface area (Å²) in [6.45, 7) is 0.984. The van der Waals surface area contributed by atoms with Crippen LogP contribution in [0.5, 0.6) is 0 Å². The van der Waals surface area contributed by atoms with Gasteiger partial charge in [0.25, 0.3) is 11.8 Å². The molecule has 1 saturated heterocycles. The highest BCUT2D eigenvalue weighted by molar-refractivity contribution is 6.30. The van der Waals surface area contributed by atoms with Crippen molar-refractivity contribution in [2.75, 3.05) is 19.6 Å². The normalized spacial score (nSPS) is 14.7. The van der Waals surface area contributed by atoms with E-state index < -0.39 is 18.0 Å². The lowest BCUT2D eigenvalue weighted by molar-refractivity contribution is -0.160. The van der Waals surface area contributed by atoms with Gasteiger partial charge in [0, 0.05) is 29.2 Å². The number of piperidine rings is 1. The summed E-state index contributed by atoms with van der Waals surface area (Å²) in [5, 5.41) is 3.03. The van der Waals surface area contributed by atoms with Gasteiger partial charge >= 0.3 is 5.97 Å². The van der Waals surface area contributed by atoms with Gasteiger partial charge in [-0.05, 0) is 43.5 Å². The first-order valence-electron chi connectivity index (χ1n) is 9.61. The molecule has 29 heavy (non-hydrogen) atoms. The van der Waals surface area contributed by atoms with E-state index >= 15 is 0 Å². The van der Waals surface area contributed by atoms with Crippen LogP contribution in [0.2, 0.25) is 5.02 Å². The van der Waals surface area contributed by atoms with Crippen molar-refractivity contribution < 1.29 is 19.1 Å². The number of halogens is 1. The molecule has 0 aliphatic carbocycles. The average Bonchev–Trinajstić information content (AvgIpc) is 2.77. The molecule has 0 aromatic heterocycles. The number of nitrogens with one attached hydrogen (secondary N) is 1. The van der Waals surface area contributed by atoms with Crippen molar-refractivity contribution in [3.8, 4) is 0 Å². The zero-order valence-electron chi connectivity index (χ0n) is 16.0. The van der Waals surface area contributed by atoms with Gasteiger partial charge in [-0.15, -0.1) is 0 Å². The van der Waals surface area contributed by atoms with Crippen molar-refractivity contribution >= 4 is 29.4 Å². The Morgan fingerprint density at radius 3 is 2.28 bits per heavy atom. The van der Waals surface area contributed by atoms with Crippen molar-refractivity contribution in [1.29, 1.82) is 0 Å². The number of amides is 2. The number of carbonyl (C=O) groups excluding carboxylic acids is 3. The molecular formula is C22H23ClN2O4. The van der Waals surface area contributed by atoms with E-state index in [2.05, 4.69) is 5.32 Å². The molecule has 1 N–H and O–H groups in total. The fourth-order valence-corrected chi connectivity index (χ4v) is 3.32. The minimum atomic E-state index is -1.02. The van der Waals surface area contributed by atoms with Gasteiger partial charge in [0.2, 0.25) is 6.10 Å². The molecule has 152 valence electrons. The van der Waals surface area contributed by atoms with E-state index in [9.17, 15) is 14.4 Å². The van der Waals surface area contributed by atoms with Crippen molar-refractivity contribution in [1.82, 2.24) is 10.2 Å². The van der Waals surface area contributed by atoms with E-state index in [0.717, 1.165) is 19.3 Å². The highest BCUT2D eigenvalue weighted by Gasteiger charge is 2.30. The van der Waals surface area contributed by atoms with Crippen molar-refractivity contribution in [2.45, 2.75) is 25.4 Å². The van der Waals surface area contributed by atoms with E-state index in [1.807, 2.05) is 6.07 Å².